The van der Waals surface area contributed by atoms with Crippen molar-refractivity contribution in [1.29, 1.82) is 0 Å². The average Bonchev–Trinajstić information content (AvgIpc) is 2.84. The van der Waals surface area contributed by atoms with E-state index in [0.717, 1.165) is 38.4 Å². The number of piperazine rings is 1. The van der Waals surface area contributed by atoms with Crippen LogP contribution in [0.25, 0.3) is 0 Å². The van der Waals surface area contributed by atoms with Gasteiger partial charge in [-0.25, -0.2) is 13.4 Å². The molecule has 1 aliphatic rings. The second kappa shape index (κ2) is 11.8. The van der Waals surface area contributed by atoms with Crippen LogP contribution in [0.2, 0.25) is 0 Å². The molecular formula is C23H33N5O3S2. The monoisotopic (exact) mass is 491 g/mol. The molecule has 2 heterocycles. The first-order chi connectivity index (χ1) is 15.9. The summed E-state index contributed by atoms with van der Waals surface area (Å²) >= 11 is 1.27. The minimum atomic E-state index is -3.53. The molecule has 0 saturated carbocycles. The quantitative estimate of drug-likeness (QED) is 0.512. The van der Waals surface area contributed by atoms with E-state index >= 15 is 0 Å². The molecule has 1 aromatic carbocycles. The third kappa shape index (κ3) is 6.69. The van der Waals surface area contributed by atoms with Gasteiger partial charge in [0.15, 0.2) is 0 Å². The number of aromatic nitrogens is 1. The SMILES string of the molecule is CCN1CCN(c2ccc(NC(=O)CSc3ccc(S(=O)(=O)N(CC)CC)cn3)cc2)CC1. The van der Waals surface area contributed by atoms with Crippen LogP contribution in [0.5, 0.6) is 0 Å². The fraction of sp³-hybridized carbons (Fsp3) is 0.478. The fourth-order valence-corrected chi connectivity index (χ4v) is 5.78. The highest BCUT2D eigenvalue weighted by molar-refractivity contribution is 7.99. The Hall–Kier alpha value is -2.14. The van der Waals surface area contributed by atoms with E-state index < -0.39 is 10.0 Å². The molecule has 180 valence electrons. The number of carbonyl (C=O) groups is 1. The lowest BCUT2D eigenvalue weighted by molar-refractivity contribution is -0.113. The molecule has 10 heteroatoms. The van der Waals surface area contributed by atoms with E-state index in [1.807, 2.05) is 24.3 Å². The highest BCUT2D eigenvalue weighted by Gasteiger charge is 2.22. The van der Waals surface area contributed by atoms with Crippen molar-refractivity contribution in [3.8, 4) is 0 Å². The molecule has 0 spiro atoms. The molecule has 1 aromatic heterocycles. The average molecular weight is 492 g/mol. The first-order valence-electron chi connectivity index (χ1n) is 11.3. The number of carbonyl (C=O) groups excluding carboxylic acids is 1. The summed E-state index contributed by atoms with van der Waals surface area (Å²) in [7, 11) is -3.53. The van der Waals surface area contributed by atoms with E-state index in [-0.39, 0.29) is 16.6 Å². The van der Waals surface area contributed by atoms with Crippen LogP contribution in [-0.4, -0.2) is 80.1 Å². The summed E-state index contributed by atoms with van der Waals surface area (Å²) in [6.45, 7) is 11.9. The number of likely N-dealkylation sites (N-methyl/N-ethyl adjacent to an activating group) is 1. The van der Waals surface area contributed by atoms with Gasteiger partial charge in [-0.2, -0.15) is 4.31 Å². The van der Waals surface area contributed by atoms with Crippen LogP contribution in [-0.2, 0) is 14.8 Å². The van der Waals surface area contributed by atoms with Crippen LogP contribution < -0.4 is 10.2 Å². The summed E-state index contributed by atoms with van der Waals surface area (Å²) in [6, 6.07) is 11.1. The van der Waals surface area contributed by atoms with Gasteiger partial charge >= 0.3 is 0 Å². The Kier molecular flexibility index (Phi) is 9.13. The molecule has 3 rings (SSSR count). The van der Waals surface area contributed by atoms with Crippen molar-refractivity contribution in [1.82, 2.24) is 14.2 Å². The van der Waals surface area contributed by atoms with Gasteiger partial charge in [0.25, 0.3) is 0 Å². The molecule has 33 heavy (non-hydrogen) atoms. The van der Waals surface area contributed by atoms with E-state index in [1.54, 1.807) is 26.0 Å². The largest absolute Gasteiger partial charge is 0.369 e. The van der Waals surface area contributed by atoms with Gasteiger partial charge < -0.3 is 15.1 Å². The Labute approximate surface area is 201 Å². The third-order valence-electron chi connectivity index (χ3n) is 5.74. The molecule has 2 aromatic rings. The molecular weight excluding hydrogens is 458 g/mol. The standard InChI is InChI=1S/C23H33N5O3S2/c1-4-26-13-15-27(16-14-26)20-9-7-19(8-10-20)25-22(29)18-32-23-12-11-21(17-24-23)33(30,31)28(5-2)6-3/h7-12,17H,4-6,13-16,18H2,1-3H3,(H,25,29). The van der Waals surface area contributed by atoms with Crippen LogP contribution in [0.4, 0.5) is 11.4 Å². The van der Waals surface area contributed by atoms with Gasteiger partial charge in [0, 0.05) is 56.8 Å². The topological polar surface area (TPSA) is 85.8 Å². The number of pyridine rings is 1. The number of rotatable bonds is 10. The Morgan fingerprint density at radius 1 is 1.03 bits per heavy atom. The number of anilines is 2. The maximum atomic E-state index is 12.5. The van der Waals surface area contributed by atoms with E-state index in [4.69, 9.17) is 0 Å². The molecule has 1 aliphatic heterocycles. The normalized spacial score (nSPS) is 15.1. The van der Waals surface area contributed by atoms with E-state index in [2.05, 4.69) is 27.0 Å². The van der Waals surface area contributed by atoms with Gasteiger partial charge in [0.05, 0.1) is 10.8 Å². The first-order valence-corrected chi connectivity index (χ1v) is 13.8. The van der Waals surface area contributed by atoms with Crippen molar-refractivity contribution in [3.05, 3.63) is 42.6 Å². The minimum absolute atomic E-state index is 0.133. The smallest absolute Gasteiger partial charge is 0.244 e. The van der Waals surface area contributed by atoms with E-state index in [9.17, 15) is 13.2 Å². The van der Waals surface area contributed by atoms with Gasteiger partial charge in [0.1, 0.15) is 4.90 Å². The minimum Gasteiger partial charge on any atom is -0.369 e. The molecule has 1 fully saturated rings. The van der Waals surface area contributed by atoms with Gasteiger partial charge in [-0.05, 0) is 42.9 Å². The highest BCUT2D eigenvalue weighted by Crippen LogP contribution is 2.22. The number of amides is 1. The molecule has 0 unspecified atom stereocenters. The number of benzene rings is 1. The summed E-state index contributed by atoms with van der Waals surface area (Å²) in [5.41, 5.74) is 1.92. The summed E-state index contributed by atoms with van der Waals surface area (Å²) in [5, 5.41) is 3.51. The van der Waals surface area contributed by atoms with Gasteiger partial charge in [-0.15, -0.1) is 0 Å². The lowest BCUT2D eigenvalue weighted by atomic mass is 10.2. The maximum Gasteiger partial charge on any atom is 0.244 e. The Balaban J connectivity index is 1.49. The van der Waals surface area contributed by atoms with Crippen molar-refractivity contribution in [2.45, 2.75) is 30.7 Å². The Morgan fingerprint density at radius 2 is 1.70 bits per heavy atom. The number of nitrogens with zero attached hydrogens (tertiary/aromatic N) is 4. The molecule has 0 aliphatic carbocycles. The maximum absolute atomic E-state index is 12.5. The van der Waals surface area contributed by atoms with Crippen LogP contribution >= 0.6 is 11.8 Å². The molecule has 1 saturated heterocycles. The fourth-order valence-electron chi connectivity index (χ4n) is 3.73. The number of hydrogen-bond acceptors (Lipinski definition) is 7. The second-order valence-corrected chi connectivity index (χ2v) is 10.7. The lowest BCUT2D eigenvalue weighted by Crippen LogP contribution is -2.46. The zero-order valence-electron chi connectivity index (χ0n) is 19.5. The third-order valence-corrected chi connectivity index (χ3v) is 8.72. The van der Waals surface area contributed by atoms with Crippen molar-refractivity contribution in [2.24, 2.45) is 0 Å². The van der Waals surface area contributed by atoms with Crippen LogP contribution in [0.1, 0.15) is 20.8 Å². The number of sulfonamides is 1. The number of hydrogen-bond donors (Lipinski definition) is 1. The van der Waals surface area contributed by atoms with Crippen LogP contribution in [0, 0.1) is 0 Å². The highest BCUT2D eigenvalue weighted by atomic mass is 32.2. The molecule has 1 amide bonds. The van der Waals surface area contributed by atoms with Gasteiger partial charge in [0.2, 0.25) is 15.9 Å². The predicted octanol–water partition coefficient (Wildman–Crippen LogP) is 2.98. The van der Waals surface area contributed by atoms with Crippen LogP contribution in [0.3, 0.4) is 0 Å². The molecule has 8 nitrogen and oxygen atoms in total. The van der Waals surface area contributed by atoms with Crippen molar-refractivity contribution in [2.75, 3.05) is 61.8 Å². The van der Waals surface area contributed by atoms with Gasteiger partial charge in [-0.3, -0.25) is 4.79 Å². The molecule has 0 radical (unpaired) electrons. The zero-order chi connectivity index (χ0) is 23.8. The molecule has 0 bridgehead atoms. The second-order valence-electron chi connectivity index (χ2n) is 7.73. The number of thioether (sulfide) groups is 1. The van der Waals surface area contributed by atoms with E-state index in [0.29, 0.717) is 18.1 Å². The molecule has 0 atom stereocenters. The lowest BCUT2D eigenvalue weighted by Gasteiger charge is -2.35. The van der Waals surface area contributed by atoms with Crippen molar-refractivity contribution < 1.29 is 13.2 Å². The zero-order valence-corrected chi connectivity index (χ0v) is 21.2. The van der Waals surface area contributed by atoms with Gasteiger partial charge in [-0.1, -0.05) is 32.5 Å². The van der Waals surface area contributed by atoms with Crippen LogP contribution in [0.15, 0.2) is 52.5 Å². The summed E-state index contributed by atoms with van der Waals surface area (Å²) < 4.78 is 26.5. The Morgan fingerprint density at radius 3 is 2.24 bits per heavy atom. The van der Waals surface area contributed by atoms with Crippen molar-refractivity contribution >= 4 is 39.1 Å². The predicted molar refractivity (Wildman–Crippen MR) is 134 cm³/mol. The summed E-state index contributed by atoms with van der Waals surface area (Å²) in [6.07, 6.45) is 1.35. The first kappa shape index (κ1) is 25.5. The number of nitrogens with one attached hydrogen (secondary N) is 1. The summed E-state index contributed by atoms with van der Waals surface area (Å²) in [4.78, 5) is 21.5. The Bertz CT molecular complexity index is 1000. The molecule has 1 N–H and O–H groups in total. The van der Waals surface area contributed by atoms with Crippen molar-refractivity contribution in [3.63, 3.8) is 0 Å². The summed E-state index contributed by atoms with van der Waals surface area (Å²) in [5.74, 6) is 0.0570. The van der Waals surface area contributed by atoms with E-state index in [1.165, 1.54) is 28.0 Å².